The standard InChI is InChI=1S/C13H14ClN3O2/c14-10-4-2-1-3-8(10)5-12-16-13(19-17-12)11-6-9(18)7-15-11/h1-4,9,11,15,18H,5-7H2/t9-,11+/m1/s1. The minimum absolute atomic E-state index is 0.0532. The Labute approximate surface area is 115 Å². The Balaban J connectivity index is 1.73. The molecular weight excluding hydrogens is 266 g/mol. The smallest absolute Gasteiger partial charge is 0.243 e. The lowest BCUT2D eigenvalue weighted by atomic mass is 10.1. The molecule has 1 saturated heterocycles. The molecule has 0 radical (unpaired) electrons. The lowest BCUT2D eigenvalue weighted by Gasteiger charge is -2.01. The summed E-state index contributed by atoms with van der Waals surface area (Å²) in [6.45, 7) is 0.562. The highest BCUT2D eigenvalue weighted by molar-refractivity contribution is 6.31. The second-order valence-corrected chi connectivity index (χ2v) is 5.07. The third kappa shape index (κ3) is 2.78. The second kappa shape index (κ2) is 5.28. The molecule has 1 aliphatic rings. The molecule has 0 amide bonds. The molecule has 0 bridgehead atoms. The molecular formula is C13H14ClN3O2. The number of rotatable bonds is 3. The zero-order valence-corrected chi connectivity index (χ0v) is 11.0. The topological polar surface area (TPSA) is 71.2 Å². The number of aliphatic hydroxyl groups is 1. The number of nitrogens with one attached hydrogen (secondary N) is 1. The van der Waals surface area contributed by atoms with Gasteiger partial charge in [0.25, 0.3) is 0 Å². The Bertz CT molecular complexity index is 573. The molecule has 2 aromatic rings. The van der Waals surface area contributed by atoms with Crippen molar-refractivity contribution in [3.8, 4) is 0 Å². The van der Waals surface area contributed by atoms with E-state index < -0.39 is 0 Å². The molecule has 5 nitrogen and oxygen atoms in total. The number of β-amino-alcohol motifs (C(OH)–C–C–N with tert-alkyl or cyclic N) is 1. The van der Waals surface area contributed by atoms with Gasteiger partial charge in [-0.25, -0.2) is 0 Å². The van der Waals surface area contributed by atoms with Crippen molar-refractivity contribution < 1.29 is 9.63 Å². The Morgan fingerprint density at radius 2 is 2.26 bits per heavy atom. The summed E-state index contributed by atoms with van der Waals surface area (Å²) in [6, 6.07) is 7.54. The molecule has 0 saturated carbocycles. The lowest BCUT2D eigenvalue weighted by Crippen LogP contribution is -2.15. The number of hydrogen-bond donors (Lipinski definition) is 2. The van der Waals surface area contributed by atoms with E-state index in [0.717, 1.165) is 5.56 Å². The van der Waals surface area contributed by atoms with Crippen molar-refractivity contribution in [3.05, 3.63) is 46.6 Å². The minimum atomic E-state index is -0.344. The summed E-state index contributed by atoms with van der Waals surface area (Å²) < 4.78 is 5.23. The van der Waals surface area contributed by atoms with Gasteiger partial charge >= 0.3 is 0 Å². The normalized spacial score (nSPS) is 22.8. The van der Waals surface area contributed by atoms with Crippen LogP contribution in [-0.4, -0.2) is 27.9 Å². The van der Waals surface area contributed by atoms with Gasteiger partial charge in [0.2, 0.25) is 5.89 Å². The van der Waals surface area contributed by atoms with Gasteiger partial charge < -0.3 is 14.9 Å². The molecule has 2 atom stereocenters. The Morgan fingerprint density at radius 3 is 3.00 bits per heavy atom. The average molecular weight is 280 g/mol. The molecule has 0 spiro atoms. The fraction of sp³-hybridized carbons (Fsp3) is 0.385. The molecule has 2 heterocycles. The van der Waals surface area contributed by atoms with Crippen molar-refractivity contribution in [2.75, 3.05) is 6.54 Å². The van der Waals surface area contributed by atoms with Crippen LogP contribution >= 0.6 is 11.6 Å². The number of halogens is 1. The summed E-state index contributed by atoms with van der Waals surface area (Å²) in [4.78, 5) is 4.35. The van der Waals surface area contributed by atoms with Crippen LogP contribution in [0.4, 0.5) is 0 Å². The van der Waals surface area contributed by atoms with Gasteiger partial charge in [-0.3, -0.25) is 0 Å². The lowest BCUT2D eigenvalue weighted by molar-refractivity contribution is 0.191. The summed E-state index contributed by atoms with van der Waals surface area (Å²) in [5.74, 6) is 1.13. The van der Waals surface area contributed by atoms with Gasteiger partial charge in [0.1, 0.15) is 0 Å². The number of nitrogens with zero attached hydrogens (tertiary/aromatic N) is 2. The van der Waals surface area contributed by atoms with E-state index >= 15 is 0 Å². The van der Waals surface area contributed by atoms with Crippen molar-refractivity contribution in [3.63, 3.8) is 0 Å². The van der Waals surface area contributed by atoms with Gasteiger partial charge in [0.05, 0.1) is 12.1 Å². The van der Waals surface area contributed by atoms with Crippen molar-refractivity contribution >= 4 is 11.6 Å². The van der Waals surface area contributed by atoms with Crippen molar-refractivity contribution in [1.82, 2.24) is 15.5 Å². The highest BCUT2D eigenvalue weighted by atomic mass is 35.5. The predicted octanol–water partition coefficient (Wildman–Crippen LogP) is 1.71. The van der Waals surface area contributed by atoms with Crippen LogP contribution in [0.15, 0.2) is 28.8 Å². The molecule has 100 valence electrons. The summed E-state index contributed by atoms with van der Waals surface area (Å²) >= 11 is 6.10. The monoisotopic (exact) mass is 279 g/mol. The van der Waals surface area contributed by atoms with Crippen LogP contribution in [-0.2, 0) is 6.42 Å². The molecule has 2 N–H and O–H groups in total. The Morgan fingerprint density at radius 1 is 1.42 bits per heavy atom. The van der Waals surface area contributed by atoms with Crippen LogP contribution < -0.4 is 5.32 Å². The van der Waals surface area contributed by atoms with Crippen LogP contribution in [0.5, 0.6) is 0 Å². The van der Waals surface area contributed by atoms with E-state index in [2.05, 4.69) is 15.5 Å². The second-order valence-electron chi connectivity index (χ2n) is 4.67. The molecule has 0 aliphatic carbocycles. The fourth-order valence-corrected chi connectivity index (χ4v) is 2.40. The molecule has 0 unspecified atom stereocenters. The first kappa shape index (κ1) is 12.6. The molecule has 1 aliphatic heterocycles. The predicted molar refractivity (Wildman–Crippen MR) is 69.9 cm³/mol. The van der Waals surface area contributed by atoms with Gasteiger partial charge in [0, 0.05) is 18.0 Å². The van der Waals surface area contributed by atoms with Crippen LogP contribution in [0.25, 0.3) is 0 Å². The summed E-state index contributed by atoms with van der Waals surface area (Å²) in [7, 11) is 0. The number of aliphatic hydroxyl groups excluding tert-OH is 1. The number of benzene rings is 1. The zero-order chi connectivity index (χ0) is 13.2. The van der Waals surface area contributed by atoms with Crippen LogP contribution in [0.1, 0.15) is 29.7 Å². The fourth-order valence-electron chi connectivity index (χ4n) is 2.20. The first-order chi connectivity index (χ1) is 9.22. The number of aromatic nitrogens is 2. The number of hydrogen-bond acceptors (Lipinski definition) is 5. The Hall–Kier alpha value is -1.43. The first-order valence-corrected chi connectivity index (χ1v) is 6.57. The van der Waals surface area contributed by atoms with Crippen LogP contribution in [0, 0.1) is 0 Å². The van der Waals surface area contributed by atoms with Gasteiger partial charge in [-0.1, -0.05) is 35.0 Å². The molecule has 19 heavy (non-hydrogen) atoms. The SMILES string of the molecule is O[C@H]1CN[C@H](c2nc(Cc3ccccc3Cl)no2)C1. The summed E-state index contributed by atoms with van der Waals surface area (Å²) in [5.41, 5.74) is 0.968. The first-order valence-electron chi connectivity index (χ1n) is 6.19. The van der Waals surface area contributed by atoms with E-state index in [0.29, 0.717) is 36.1 Å². The zero-order valence-electron chi connectivity index (χ0n) is 10.2. The minimum Gasteiger partial charge on any atom is -0.392 e. The van der Waals surface area contributed by atoms with E-state index in [1.54, 1.807) is 0 Å². The van der Waals surface area contributed by atoms with Crippen molar-refractivity contribution in [2.24, 2.45) is 0 Å². The molecule has 3 rings (SSSR count). The van der Waals surface area contributed by atoms with E-state index in [9.17, 15) is 5.11 Å². The highest BCUT2D eigenvalue weighted by Gasteiger charge is 2.28. The third-order valence-corrected chi connectivity index (χ3v) is 3.56. The van der Waals surface area contributed by atoms with E-state index in [1.165, 1.54) is 0 Å². The van der Waals surface area contributed by atoms with E-state index in [4.69, 9.17) is 16.1 Å². The highest BCUT2D eigenvalue weighted by Crippen LogP contribution is 2.23. The van der Waals surface area contributed by atoms with Crippen LogP contribution in [0.3, 0.4) is 0 Å². The molecule has 1 aromatic carbocycles. The summed E-state index contributed by atoms with van der Waals surface area (Å²) in [5, 5.41) is 17.3. The van der Waals surface area contributed by atoms with Gasteiger partial charge in [-0.2, -0.15) is 4.98 Å². The maximum Gasteiger partial charge on any atom is 0.243 e. The van der Waals surface area contributed by atoms with Gasteiger partial charge in [0.15, 0.2) is 5.82 Å². The van der Waals surface area contributed by atoms with E-state index in [-0.39, 0.29) is 12.1 Å². The maximum absolute atomic E-state index is 9.47. The van der Waals surface area contributed by atoms with Gasteiger partial charge in [-0.15, -0.1) is 0 Å². The largest absolute Gasteiger partial charge is 0.392 e. The molecule has 1 fully saturated rings. The van der Waals surface area contributed by atoms with E-state index in [1.807, 2.05) is 24.3 Å². The van der Waals surface area contributed by atoms with Gasteiger partial charge in [-0.05, 0) is 18.1 Å². The Kier molecular flexibility index (Phi) is 3.50. The summed E-state index contributed by atoms with van der Waals surface area (Å²) in [6.07, 6.45) is 0.801. The quantitative estimate of drug-likeness (QED) is 0.895. The van der Waals surface area contributed by atoms with Crippen molar-refractivity contribution in [2.45, 2.75) is 25.0 Å². The maximum atomic E-state index is 9.47. The molecule has 6 heteroatoms. The average Bonchev–Trinajstić information content (AvgIpc) is 3.01. The van der Waals surface area contributed by atoms with Crippen molar-refractivity contribution in [1.29, 1.82) is 0 Å². The third-order valence-electron chi connectivity index (χ3n) is 3.20. The molecule has 1 aromatic heterocycles. The van der Waals surface area contributed by atoms with Crippen LogP contribution in [0.2, 0.25) is 5.02 Å².